The Morgan fingerprint density at radius 1 is 1.40 bits per heavy atom. The van der Waals surface area contributed by atoms with Crippen molar-refractivity contribution in [2.75, 3.05) is 26.2 Å². The Hall–Kier alpha value is -0.940. The summed E-state index contributed by atoms with van der Waals surface area (Å²) >= 11 is 0. The summed E-state index contributed by atoms with van der Waals surface area (Å²) in [7, 11) is 0. The molecule has 0 radical (unpaired) electrons. The van der Waals surface area contributed by atoms with Crippen LogP contribution in [0.25, 0.3) is 0 Å². The second-order valence-electron chi connectivity index (χ2n) is 5.82. The SMILES string of the molecule is CC(N)C1CCN(CC(O)COCc2ccccc2)C1. The highest BCUT2D eigenvalue weighted by atomic mass is 16.5. The van der Waals surface area contributed by atoms with Crippen LogP contribution in [0.3, 0.4) is 0 Å². The number of aliphatic hydroxyl groups is 1. The van der Waals surface area contributed by atoms with Gasteiger partial charge in [0, 0.05) is 19.1 Å². The summed E-state index contributed by atoms with van der Waals surface area (Å²) in [4.78, 5) is 2.28. The molecule has 1 aromatic carbocycles. The lowest BCUT2D eigenvalue weighted by atomic mass is 10.0. The molecule has 1 fully saturated rings. The number of benzene rings is 1. The van der Waals surface area contributed by atoms with Gasteiger partial charge >= 0.3 is 0 Å². The van der Waals surface area contributed by atoms with Crippen LogP contribution in [-0.4, -0.2) is 48.4 Å². The Balaban J connectivity index is 1.62. The standard InChI is InChI=1S/C16H26N2O2/c1-13(17)15-7-8-18(9-15)10-16(19)12-20-11-14-5-3-2-4-6-14/h2-6,13,15-16,19H,7-12,17H2,1H3. The lowest BCUT2D eigenvalue weighted by Gasteiger charge is -2.21. The van der Waals surface area contributed by atoms with Crippen LogP contribution in [0, 0.1) is 5.92 Å². The van der Waals surface area contributed by atoms with Crippen LogP contribution in [0.1, 0.15) is 18.9 Å². The Bertz CT molecular complexity index is 383. The molecule has 4 heteroatoms. The van der Waals surface area contributed by atoms with Crippen molar-refractivity contribution in [1.82, 2.24) is 4.90 Å². The van der Waals surface area contributed by atoms with Gasteiger partial charge in [0.05, 0.1) is 19.3 Å². The minimum atomic E-state index is -0.425. The Morgan fingerprint density at radius 3 is 2.80 bits per heavy atom. The van der Waals surface area contributed by atoms with Crippen molar-refractivity contribution in [1.29, 1.82) is 0 Å². The van der Waals surface area contributed by atoms with Crippen molar-refractivity contribution >= 4 is 0 Å². The van der Waals surface area contributed by atoms with Gasteiger partial charge in [-0.25, -0.2) is 0 Å². The van der Waals surface area contributed by atoms with E-state index < -0.39 is 6.10 Å². The first-order valence-electron chi connectivity index (χ1n) is 7.43. The number of nitrogens with zero attached hydrogens (tertiary/aromatic N) is 1. The summed E-state index contributed by atoms with van der Waals surface area (Å²) in [5.74, 6) is 0.562. The van der Waals surface area contributed by atoms with E-state index in [1.54, 1.807) is 0 Å². The van der Waals surface area contributed by atoms with Gasteiger partial charge in [0.25, 0.3) is 0 Å². The topological polar surface area (TPSA) is 58.7 Å². The minimum Gasteiger partial charge on any atom is -0.389 e. The fraction of sp³-hybridized carbons (Fsp3) is 0.625. The molecule has 3 unspecified atom stereocenters. The van der Waals surface area contributed by atoms with Gasteiger partial charge < -0.3 is 20.5 Å². The summed E-state index contributed by atoms with van der Waals surface area (Å²) in [5.41, 5.74) is 7.06. The quantitative estimate of drug-likeness (QED) is 0.788. The minimum absolute atomic E-state index is 0.242. The van der Waals surface area contributed by atoms with E-state index in [1.807, 2.05) is 30.3 Å². The van der Waals surface area contributed by atoms with Gasteiger partial charge in [0.15, 0.2) is 0 Å². The third-order valence-corrected chi connectivity index (χ3v) is 3.94. The number of rotatable bonds is 7. The van der Waals surface area contributed by atoms with Gasteiger partial charge in [-0.15, -0.1) is 0 Å². The number of nitrogens with two attached hydrogens (primary N) is 1. The molecule has 1 saturated heterocycles. The third kappa shape index (κ3) is 4.87. The van der Waals surface area contributed by atoms with E-state index in [2.05, 4.69) is 11.8 Å². The Morgan fingerprint density at radius 2 is 2.15 bits per heavy atom. The maximum absolute atomic E-state index is 10.0. The molecule has 1 heterocycles. The van der Waals surface area contributed by atoms with Crippen molar-refractivity contribution < 1.29 is 9.84 Å². The van der Waals surface area contributed by atoms with Crippen LogP contribution in [0.2, 0.25) is 0 Å². The van der Waals surface area contributed by atoms with Crippen LogP contribution in [0.15, 0.2) is 30.3 Å². The monoisotopic (exact) mass is 278 g/mol. The molecular weight excluding hydrogens is 252 g/mol. The number of hydrogen-bond acceptors (Lipinski definition) is 4. The van der Waals surface area contributed by atoms with E-state index in [9.17, 15) is 5.11 Å². The number of ether oxygens (including phenoxy) is 1. The molecule has 20 heavy (non-hydrogen) atoms. The molecule has 1 aliphatic rings. The number of β-amino-alcohol motifs (C(OH)–C–C–N with tert-alkyl or cyclic N) is 1. The molecule has 0 saturated carbocycles. The molecule has 0 aromatic heterocycles. The van der Waals surface area contributed by atoms with E-state index in [-0.39, 0.29) is 6.04 Å². The first-order valence-corrected chi connectivity index (χ1v) is 7.43. The largest absolute Gasteiger partial charge is 0.389 e. The van der Waals surface area contributed by atoms with Gasteiger partial charge in [-0.2, -0.15) is 0 Å². The first kappa shape index (κ1) is 15.4. The van der Waals surface area contributed by atoms with Crippen molar-refractivity contribution in [2.24, 2.45) is 11.7 Å². The number of aliphatic hydroxyl groups excluding tert-OH is 1. The zero-order valence-corrected chi connectivity index (χ0v) is 12.2. The molecule has 0 amide bonds. The van der Waals surface area contributed by atoms with E-state index in [1.165, 1.54) is 0 Å². The average Bonchev–Trinajstić information content (AvgIpc) is 2.88. The predicted octanol–water partition coefficient (Wildman–Crippen LogP) is 1.23. The predicted molar refractivity (Wildman–Crippen MR) is 80.3 cm³/mol. The van der Waals surface area contributed by atoms with E-state index in [4.69, 9.17) is 10.5 Å². The van der Waals surface area contributed by atoms with Crippen molar-refractivity contribution in [3.05, 3.63) is 35.9 Å². The van der Waals surface area contributed by atoms with Gasteiger partial charge in [0.2, 0.25) is 0 Å². The maximum Gasteiger partial charge on any atom is 0.0900 e. The van der Waals surface area contributed by atoms with Gasteiger partial charge in [-0.05, 0) is 31.4 Å². The summed E-state index contributed by atoms with van der Waals surface area (Å²) in [6.07, 6.45) is 0.709. The zero-order chi connectivity index (χ0) is 14.4. The average molecular weight is 278 g/mol. The van der Waals surface area contributed by atoms with E-state index in [0.29, 0.717) is 25.7 Å². The molecule has 1 aliphatic heterocycles. The summed E-state index contributed by atoms with van der Waals surface area (Å²) in [6.45, 7) is 5.70. The van der Waals surface area contributed by atoms with Crippen LogP contribution >= 0.6 is 0 Å². The lowest BCUT2D eigenvalue weighted by molar-refractivity contribution is 0.0128. The molecule has 3 atom stereocenters. The second-order valence-corrected chi connectivity index (χ2v) is 5.82. The molecule has 0 aliphatic carbocycles. The van der Waals surface area contributed by atoms with E-state index >= 15 is 0 Å². The highest BCUT2D eigenvalue weighted by molar-refractivity contribution is 5.13. The van der Waals surface area contributed by atoms with Gasteiger partial charge in [-0.1, -0.05) is 30.3 Å². The highest BCUT2D eigenvalue weighted by Crippen LogP contribution is 2.18. The van der Waals surface area contributed by atoms with Crippen LogP contribution in [0.4, 0.5) is 0 Å². The third-order valence-electron chi connectivity index (χ3n) is 3.94. The fourth-order valence-corrected chi connectivity index (χ4v) is 2.70. The molecule has 0 bridgehead atoms. The number of likely N-dealkylation sites (tertiary alicyclic amines) is 1. The van der Waals surface area contributed by atoms with E-state index in [0.717, 1.165) is 25.1 Å². The van der Waals surface area contributed by atoms with Crippen molar-refractivity contribution in [3.63, 3.8) is 0 Å². The molecule has 112 valence electrons. The van der Waals surface area contributed by atoms with Crippen LogP contribution in [0.5, 0.6) is 0 Å². The molecule has 4 nitrogen and oxygen atoms in total. The molecule has 1 aromatic rings. The second kappa shape index (κ2) is 7.74. The lowest BCUT2D eigenvalue weighted by Crippen LogP contribution is -2.35. The molecular formula is C16H26N2O2. The maximum atomic E-state index is 10.0. The Labute approximate surface area is 121 Å². The normalized spacial score (nSPS) is 22.9. The van der Waals surface area contributed by atoms with Crippen molar-refractivity contribution in [3.8, 4) is 0 Å². The summed E-state index contributed by atoms with van der Waals surface area (Å²) < 4.78 is 5.56. The smallest absolute Gasteiger partial charge is 0.0900 e. The summed E-state index contributed by atoms with van der Waals surface area (Å²) in [5, 5.41) is 10.0. The number of hydrogen-bond donors (Lipinski definition) is 2. The molecule has 3 N–H and O–H groups in total. The molecule has 0 spiro atoms. The Kier molecular flexibility index (Phi) is 5.98. The highest BCUT2D eigenvalue weighted by Gasteiger charge is 2.26. The zero-order valence-electron chi connectivity index (χ0n) is 12.2. The van der Waals surface area contributed by atoms with Crippen molar-refractivity contribution in [2.45, 2.75) is 32.1 Å². The van der Waals surface area contributed by atoms with Gasteiger partial charge in [0.1, 0.15) is 0 Å². The van der Waals surface area contributed by atoms with Crippen LogP contribution in [-0.2, 0) is 11.3 Å². The first-order chi connectivity index (χ1) is 9.65. The summed E-state index contributed by atoms with van der Waals surface area (Å²) in [6, 6.07) is 10.3. The van der Waals surface area contributed by atoms with Gasteiger partial charge in [-0.3, -0.25) is 0 Å². The van der Waals surface area contributed by atoms with Crippen LogP contribution < -0.4 is 5.73 Å². The fourth-order valence-electron chi connectivity index (χ4n) is 2.70. The molecule has 2 rings (SSSR count).